The number of nitrogens with one attached hydrogen (secondary N) is 1. The third-order valence-electron chi connectivity index (χ3n) is 5.05. The number of phenolic OH excluding ortho intramolecular Hbond substituents is 1. The molecule has 7 nitrogen and oxygen atoms in total. The van der Waals surface area contributed by atoms with E-state index in [1.165, 1.54) is 31.5 Å². The third-order valence-corrected chi connectivity index (χ3v) is 5.33. The molecule has 0 fully saturated rings. The van der Waals surface area contributed by atoms with Gasteiger partial charge in [-0.25, -0.2) is 0 Å². The van der Waals surface area contributed by atoms with Gasteiger partial charge in [-0.15, -0.1) is 0 Å². The van der Waals surface area contributed by atoms with Crippen LogP contribution in [0.1, 0.15) is 21.5 Å². The summed E-state index contributed by atoms with van der Waals surface area (Å²) in [7, 11) is 6.19. The Hall–Kier alpha value is -4.10. The Morgan fingerprint density at radius 2 is 1.40 bits per heavy atom. The fraction of sp³-hybridized carbons (Fsp3) is 0.148. The molecule has 0 aliphatic rings. The number of halogens is 1. The summed E-state index contributed by atoms with van der Waals surface area (Å²) in [6, 6.07) is 13.3. The molecule has 3 aromatic rings. The standard InChI is InChI=1S/C27H26ClNO6/c1-32-24-15-18(16-25(33-2)27(24)35-4)6-5-17-13-21(28)26(34-3)22(14-17)29-12-11-23(31)19-7-9-20(30)10-8-19/h5-16,29-30H,1-4H3/b6-5-,12-11-. The third kappa shape index (κ3) is 6.28. The summed E-state index contributed by atoms with van der Waals surface area (Å²) in [5.41, 5.74) is 2.66. The largest absolute Gasteiger partial charge is 0.508 e. The predicted octanol–water partition coefficient (Wildman–Crippen LogP) is 6.06. The van der Waals surface area contributed by atoms with E-state index in [1.807, 2.05) is 30.4 Å². The molecule has 0 heterocycles. The highest BCUT2D eigenvalue weighted by Crippen LogP contribution is 2.39. The number of anilines is 1. The van der Waals surface area contributed by atoms with Crippen molar-refractivity contribution in [2.24, 2.45) is 0 Å². The van der Waals surface area contributed by atoms with Crippen LogP contribution in [0.3, 0.4) is 0 Å². The summed E-state index contributed by atoms with van der Waals surface area (Å²) in [4.78, 5) is 12.3. The molecule has 0 aliphatic carbocycles. The molecule has 0 spiro atoms. The molecule has 3 rings (SSSR count). The van der Waals surface area contributed by atoms with Gasteiger partial charge in [0.2, 0.25) is 5.75 Å². The van der Waals surface area contributed by atoms with Crippen molar-refractivity contribution < 1.29 is 28.8 Å². The first kappa shape index (κ1) is 25.5. The van der Waals surface area contributed by atoms with Gasteiger partial charge in [-0.05, 0) is 59.7 Å². The highest BCUT2D eigenvalue weighted by molar-refractivity contribution is 6.32. The molecule has 35 heavy (non-hydrogen) atoms. The van der Waals surface area contributed by atoms with Crippen molar-refractivity contribution in [1.29, 1.82) is 0 Å². The lowest BCUT2D eigenvalue weighted by Gasteiger charge is -2.13. The number of phenols is 1. The minimum atomic E-state index is -0.221. The number of ketones is 1. The maximum atomic E-state index is 12.3. The summed E-state index contributed by atoms with van der Waals surface area (Å²) >= 11 is 6.43. The van der Waals surface area contributed by atoms with Crippen molar-refractivity contribution in [3.63, 3.8) is 0 Å². The number of carbonyl (C=O) groups is 1. The molecule has 0 saturated heterocycles. The van der Waals surface area contributed by atoms with E-state index in [2.05, 4.69) is 5.32 Å². The molecule has 8 heteroatoms. The van der Waals surface area contributed by atoms with Gasteiger partial charge in [0.05, 0.1) is 39.1 Å². The van der Waals surface area contributed by atoms with Crippen molar-refractivity contribution in [2.45, 2.75) is 0 Å². The van der Waals surface area contributed by atoms with Crippen LogP contribution in [-0.4, -0.2) is 39.3 Å². The summed E-state index contributed by atoms with van der Waals surface area (Å²) < 4.78 is 21.6. The average Bonchev–Trinajstić information content (AvgIpc) is 2.86. The first-order chi connectivity index (χ1) is 16.9. The molecule has 0 atom stereocenters. The van der Waals surface area contributed by atoms with E-state index in [0.717, 1.165) is 11.1 Å². The molecular formula is C27H26ClNO6. The number of allylic oxidation sites excluding steroid dienone is 1. The molecular weight excluding hydrogens is 470 g/mol. The van der Waals surface area contributed by atoms with Gasteiger partial charge in [0.15, 0.2) is 23.0 Å². The fourth-order valence-corrected chi connectivity index (χ4v) is 3.65. The smallest absolute Gasteiger partial charge is 0.203 e. The number of methoxy groups -OCH3 is 4. The Labute approximate surface area is 209 Å². The second kappa shape index (κ2) is 11.9. The molecule has 0 aromatic heterocycles. The highest BCUT2D eigenvalue weighted by atomic mass is 35.5. The average molecular weight is 496 g/mol. The summed E-state index contributed by atoms with van der Waals surface area (Å²) in [6.07, 6.45) is 6.66. The minimum absolute atomic E-state index is 0.0967. The Morgan fingerprint density at radius 3 is 1.94 bits per heavy atom. The van der Waals surface area contributed by atoms with Crippen LogP contribution in [0.25, 0.3) is 12.2 Å². The second-order valence-electron chi connectivity index (χ2n) is 7.26. The molecule has 3 aromatic carbocycles. The molecule has 0 bridgehead atoms. The SMILES string of the molecule is COc1cc(/C=C\c2cc(Cl)c(OC)c(N/C=C\C(=O)c3ccc(O)cc3)c2)cc(OC)c1OC. The van der Waals surface area contributed by atoms with Crippen LogP contribution >= 0.6 is 11.6 Å². The molecule has 0 amide bonds. The molecule has 0 aliphatic heterocycles. The predicted molar refractivity (Wildman–Crippen MR) is 138 cm³/mol. The van der Waals surface area contributed by atoms with Gasteiger partial charge in [0.1, 0.15) is 5.75 Å². The zero-order valence-corrected chi connectivity index (χ0v) is 20.6. The summed E-state index contributed by atoms with van der Waals surface area (Å²) in [6.45, 7) is 0. The Kier molecular flexibility index (Phi) is 8.64. The first-order valence-electron chi connectivity index (χ1n) is 10.5. The Morgan fingerprint density at radius 1 is 0.829 bits per heavy atom. The molecule has 182 valence electrons. The first-order valence-corrected chi connectivity index (χ1v) is 10.9. The van der Waals surface area contributed by atoms with Gasteiger partial charge in [-0.2, -0.15) is 0 Å². The van der Waals surface area contributed by atoms with Crippen molar-refractivity contribution in [1.82, 2.24) is 0 Å². The quantitative estimate of drug-likeness (QED) is 0.201. The van der Waals surface area contributed by atoms with Gasteiger partial charge in [0, 0.05) is 17.8 Å². The zero-order valence-electron chi connectivity index (χ0n) is 19.8. The van der Waals surface area contributed by atoms with E-state index < -0.39 is 0 Å². The second-order valence-corrected chi connectivity index (χ2v) is 7.67. The van der Waals surface area contributed by atoms with Crippen molar-refractivity contribution in [2.75, 3.05) is 33.8 Å². The van der Waals surface area contributed by atoms with Gasteiger partial charge < -0.3 is 29.4 Å². The van der Waals surface area contributed by atoms with Crippen LogP contribution in [0, 0.1) is 0 Å². The Bertz CT molecular complexity index is 1230. The lowest BCUT2D eigenvalue weighted by atomic mass is 10.1. The summed E-state index contributed by atoms with van der Waals surface area (Å²) in [5.74, 6) is 1.92. The number of benzene rings is 3. The van der Waals surface area contributed by atoms with Crippen LogP contribution in [0.4, 0.5) is 5.69 Å². The van der Waals surface area contributed by atoms with Crippen molar-refractivity contribution >= 4 is 35.2 Å². The number of ether oxygens (including phenoxy) is 4. The molecule has 2 N–H and O–H groups in total. The number of hydrogen-bond donors (Lipinski definition) is 2. The van der Waals surface area contributed by atoms with E-state index >= 15 is 0 Å². The van der Waals surface area contributed by atoms with Crippen LogP contribution in [0.5, 0.6) is 28.7 Å². The number of carbonyl (C=O) groups excluding carboxylic acids is 1. The topological polar surface area (TPSA) is 86.3 Å². The van der Waals surface area contributed by atoms with E-state index in [1.54, 1.807) is 39.5 Å². The number of hydrogen-bond acceptors (Lipinski definition) is 7. The minimum Gasteiger partial charge on any atom is -0.508 e. The maximum Gasteiger partial charge on any atom is 0.203 e. The number of rotatable bonds is 10. The van der Waals surface area contributed by atoms with E-state index in [0.29, 0.717) is 39.3 Å². The van der Waals surface area contributed by atoms with E-state index in [-0.39, 0.29) is 11.5 Å². The van der Waals surface area contributed by atoms with Crippen molar-refractivity contribution in [3.05, 3.63) is 82.5 Å². The van der Waals surface area contributed by atoms with Gasteiger partial charge in [-0.1, -0.05) is 23.8 Å². The van der Waals surface area contributed by atoms with Gasteiger partial charge in [0.25, 0.3) is 0 Å². The summed E-state index contributed by atoms with van der Waals surface area (Å²) in [5, 5.41) is 12.8. The van der Waals surface area contributed by atoms with Gasteiger partial charge >= 0.3 is 0 Å². The van der Waals surface area contributed by atoms with Crippen molar-refractivity contribution in [3.8, 4) is 28.7 Å². The zero-order chi connectivity index (χ0) is 25.4. The maximum absolute atomic E-state index is 12.3. The normalized spacial score (nSPS) is 11.0. The fourth-order valence-electron chi connectivity index (χ4n) is 3.34. The highest BCUT2D eigenvalue weighted by Gasteiger charge is 2.13. The number of aromatic hydroxyl groups is 1. The van der Waals surface area contributed by atoms with E-state index in [9.17, 15) is 9.90 Å². The monoisotopic (exact) mass is 495 g/mol. The molecule has 0 saturated carbocycles. The Balaban J connectivity index is 1.85. The molecule has 0 unspecified atom stereocenters. The van der Waals surface area contributed by atoms with Crippen LogP contribution in [-0.2, 0) is 0 Å². The van der Waals surface area contributed by atoms with Crippen LogP contribution in [0.2, 0.25) is 5.02 Å². The van der Waals surface area contributed by atoms with Crippen LogP contribution < -0.4 is 24.3 Å². The van der Waals surface area contributed by atoms with Crippen LogP contribution in [0.15, 0.2) is 60.8 Å². The van der Waals surface area contributed by atoms with Gasteiger partial charge in [-0.3, -0.25) is 4.79 Å². The molecule has 0 radical (unpaired) electrons. The van der Waals surface area contributed by atoms with E-state index in [4.69, 9.17) is 30.5 Å². The lowest BCUT2D eigenvalue weighted by molar-refractivity contribution is 0.104. The lowest BCUT2D eigenvalue weighted by Crippen LogP contribution is -1.98.